The molecule has 0 spiro atoms. The Kier molecular flexibility index (Phi) is 6.35. The second-order valence-corrected chi connectivity index (χ2v) is 10.9. The molecule has 8 nitrogen and oxygen atoms in total. The molecule has 0 radical (unpaired) electrons. The third kappa shape index (κ3) is 4.89. The van der Waals surface area contributed by atoms with Gasteiger partial charge in [0.1, 0.15) is 17.2 Å². The normalized spacial score (nSPS) is 27.8. The molecule has 1 fully saturated rings. The Labute approximate surface area is 200 Å². The minimum atomic E-state index is -0.545. The number of fused-ring (bicyclic) bond motifs is 1. The lowest BCUT2D eigenvalue weighted by Crippen LogP contribution is -2.55. The van der Waals surface area contributed by atoms with E-state index in [1.807, 2.05) is 27.7 Å². The second kappa shape index (κ2) is 8.83. The van der Waals surface area contributed by atoms with Gasteiger partial charge in [0.05, 0.1) is 23.6 Å². The predicted molar refractivity (Wildman–Crippen MR) is 126 cm³/mol. The number of nitrogens with one attached hydrogen (secondary N) is 1. The van der Waals surface area contributed by atoms with Crippen LogP contribution in [0.5, 0.6) is 5.75 Å². The zero-order chi connectivity index (χ0) is 24.8. The molecular weight excluding hydrogens is 439 g/mol. The van der Waals surface area contributed by atoms with Gasteiger partial charge in [0.25, 0.3) is 0 Å². The largest absolute Gasteiger partial charge is 0.487 e. The summed E-state index contributed by atoms with van der Waals surface area (Å²) in [6.07, 6.45) is 1.89. The van der Waals surface area contributed by atoms with Gasteiger partial charge in [-0.2, -0.15) is 0 Å². The summed E-state index contributed by atoms with van der Waals surface area (Å²) in [5.41, 5.74) is 5.51. The number of carbonyl (C=O) groups is 2. The van der Waals surface area contributed by atoms with E-state index in [0.717, 1.165) is 0 Å². The van der Waals surface area contributed by atoms with Crippen molar-refractivity contribution in [1.29, 1.82) is 0 Å². The van der Waals surface area contributed by atoms with Crippen molar-refractivity contribution < 1.29 is 23.5 Å². The second-order valence-electron chi connectivity index (χ2n) is 10.9. The number of nitrogens with two attached hydrogens (primary N) is 1. The molecular formula is C25H35FN4O4. The van der Waals surface area contributed by atoms with E-state index in [9.17, 15) is 14.0 Å². The van der Waals surface area contributed by atoms with Crippen LogP contribution < -0.4 is 15.8 Å². The number of methoxy groups -OCH3 is 1. The Balaban J connectivity index is 1.51. The highest BCUT2D eigenvalue weighted by Gasteiger charge is 2.52. The fourth-order valence-corrected chi connectivity index (χ4v) is 5.34. The van der Waals surface area contributed by atoms with E-state index in [4.69, 9.17) is 15.2 Å². The summed E-state index contributed by atoms with van der Waals surface area (Å²) in [6, 6.07) is 3.94. The first kappa shape index (κ1) is 24.4. The summed E-state index contributed by atoms with van der Waals surface area (Å²) in [7, 11) is 1.60. The van der Waals surface area contributed by atoms with Gasteiger partial charge in [0.15, 0.2) is 5.96 Å². The minimum Gasteiger partial charge on any atom is -0.487 e. The van der Waals surface area contributed by atoms with E-state index in [1.165, 1.54) is 6.07 Å². The fraction of sp³-hybridized carbons (Fsp3) is 0.640. The molecule has 3 N–H and O–H groups in total. The molecule has 0 saturated heterocycles. The lowest BCUT2D eigenvalue weighted by atomic mass is 9.89. The third-order valence-corrected chi connectivity index (χ3v) is 6.90. The van der Waals surface area contributed by atoms with Crippen LogP contribution in [0.2, 0.25) is 0 Å². The number of hydrogen-bond acceptors (Lipinski definition) is 6. The zero-order valence-corrected chi connectivity index (χ0v) is 20.6. The van der Waals surface area contributed by atoms with E-state index in [1.54, 1.807) is 24.1 Å². The molecule has 186 valence electrons. The van der Waals surface area contributed by atoms with Crippen molar-refractivity contribution in [3.05, 3.63) is 29.6 Å². The molecule has 1 aliphatic carbocycles. The SMILES string of the molecule is COCC[C@H]([C@H]1C[C@@H]1C(=O)N[C@@H]1CC(C)(C)Oc2cccc(F)c21)N1C(=O)CC(C)(C)N=C1N. The van der Waals surface area contributed by atoms with Crippen LogP contribution in [0.25, 0.3) is 0 Å². The molecule has 2 heterocycles. The number of aliphatic imine (C=N–C) groups is 1. The van der Waals surface area contributed by atoms with Gasteiger partial charge in [-0.05, 0) is 58.6 Å². The van der Waals surface area contributed by atoms with E-state index in [0.29, 0.717) is 37.2 Å². The molecule has 3 aliphatic rings. The molecule has 1 saturated carbocycles. The molecule has 34 heavy (non-hydrogen) atoms. The summed E-state index contributed by atoms with van der Waals surface area (Å²) >= 11 is 0. The molecule has 4 rings (SSSR count). The fourth-order valence-electron chi connectivity index (χ4n) is 5.34. The average Bonchev–Trinajstić information content (AvgIpc) is 3.48. The van der Waals surface area contributed by atoms with Crippen LogP contribution in [0.4, 0.5) is 4.39 Å². The third-order valence-electron chi connectivity index (χ3n) is 6.90. The highest BCUT2D eigenvalue weighted by molar-refractivity contribution is 5.99. The van der Waals surface area contributed by atoms with Gasteiger partial charge < -0.3 is 20.5 Å². The van der Waals surface area contributed by atoms with Crippen LogP contribution in [0.3, 0.4) is 0 Å². The molecule has 4 atom stereocenters. The van der Waals surface area contributed by atoms with E-state index in [2.05, 4.69) is 10.3 Å². The maximum Gasteiger partial charge on any atom is 0.231 e. The summed E-state index contributed by atoms with van der Waals surface area (Å²) in [5.74, 6) is -0.348. The topological polar surface area (TPSA) is 106 Å². The molecule has 2 amide bonds. The van der Waals surface area contributed by atoms with Gasteiger partial charge in [-0.15, -0.1) is 0 Å². The summed E-state index contributed by atoms with van der Waals surface area (Å²) in [5, 5.41) is 3.06. The van der Waals surface area contributed by atoms with E-state index >= 15 is 0 Å². The number of benzene rings is 1. The quantitative estimate of drug-likeness (QED) is 0.632. The average molecular weight is 475 g/mol. The van der Waals surface area contributed by atoms with Crippen LogP contribution in [0.1, 0.15) is 65.0 Å². The van der Waals surface area contributed by atoms with Crippen molar-refractivity contribution in [3.63, 3.8) is 0 Å². The molecule has 0 unspecified atom stereocenters. The highest BCUT2D eigenvalue weighted by Crippen LogP contribution is 2.47. The number of hydrogen-bond donors (Lipinski definition) is 2. The zero-order valence-electron chi connectivity index (χ0n) is 20.6. The van der Waals surface area contributed by atoms with Gasteiger partial charge in [0, 0.05) is 32.1 Å². The Morgan fingerprint density at radius 3 is 2.79 bits per heavy atom. The van der Waals surface area contributed by atoms with Crippen LogP contribution in [-0.2, 0) is 14.3 Å². The summed E-state index contributed by atoms with van der Waals surface area (Å²) in [4.78, 5) is 32.3. The molecule has 9 heteroatoms. The van der Waals surface area contributed by atoms with Crippen molar-refractivity contribution in [2.75, 3.05) is 13.7 Å². The van der Waals surface area contributed by atoms with Crippen molar-refractivity contribution in [3.8, 4) is 5.75 Å². The number of amides is 2. The number of ether oxygens (including phenoxy) is 2. The van der Waals surface area contributed by atoms with E-state index in [-0.39, 0.29) is 42.1 Å². The number of nitrogens with zero attached hydrogens (tertiary/aromatic N) is 2. The Hall–Kier alpha value is -2.68. The maximum absolute atomic E-state index is 14.7. The standard InChI is InChI=1S/C25H35FN4O4/c1-24(2)13-20(31)30(23(27)29-24)18(9-10-33-5)14-11-15(14)22(32)28-17-12-25(3,4)34-19-8-6-7-16(26)21(17)19/h6-8,14-15,17-18H,9-13H2,1-5H3,(H2,27,29)(H,28,32)/t14-,15-,17+,18+/m0/s1. The Bertz CT molecular complexity index is 1010. The van der Waals surface area contributed by atoms with Crippen LogP contribution >= 0.6 is 0 Å². The molecule has 0 bridgehead atoms. The van der Waals surface area contributed by atoms with Crippen LogP contribution in [0.15, 0.2) is 23.2 Å². The van der Waals surface area contributed by atoms with Gasteiger partial charge in [-0.3, -0.25) is 14.5 Å². The summed E-state index contributed by atoms with van der Waals surface area (Å²) < 4.78 is 25.9. The first-order chi connectivity index (χ1) is 15.9. The minimum absolute atomic E-state index is 0.0676. The van der Waals surface area contributed by atoms with Crippen LogP contribution in [0, 0.1) is 17.7 Å². The Morgan fingerprint density at radius 1 is 1.38 bits per heavy atom. The van der Waals surface area contributed by atoms with Crippen LogP contribution in [-0.4, -0.2) is 53.6 Å². The first-order valence-electron chi connectivity index (χ1n) is 11.9. The molecule has 1 aromatic carbocycles. The Morgan fingerprint density at radius 2 is 2.12 bits per heavy atom. The molecule has 1 aromatic rings. The lowest BCUT2D eigenvalue weighted by molar-refractivity contribution is -0.132. The number of halogens is 1. The van der Waals surface area contributed by atoms with Gasteiger partial charge in [0.2, 0.25) is 11.8 Å². The highest BCUT2D eigenvalue weighted by atomic mass is 19.1. The van der Waals surface area contributed by atoms with Crippen molar-refractivity contribution in [2.24, 2.45) is 22.6 Å². The number of guanidine groups is 1. The van der Waals surface area contributed by atoms with Gasteiger partial charge in [-0.25, -0.2) is 9.38 Å². The molecule has 0 aromatic heterocycles. The van der Waals surface area contributed by atoms with E-state index < -0.39 is 23.0 Å². The smallest absolute Gasteiger partial charge is 0.231 e. The van der Waals surface area contributed by atoms with Gasteiger partial charge >= 0.3 is 0 Å². The summed E-state index contributed by atoms with van der Waals surface area (Å²) in [6.45, 7) is 8.03. The van der Waals surface area contributed by atoms with Gasteiger partial charge in [-0.1, -0.05) is 6.07 Å². The van der Waals surface area contributed by atoms with Crippen molar-refractivity contribution in [1.82, 2.24) is 10.2 Å². The van der Waals surface area contributed by atoms with Crippen molar-refractivity contribution >= 4 is 17.8 Å². The predicted octanol–water partition coefficient (Wildman–Crippen LogP) is 2.91. The number of rotatable bonds is 7. The number of carbonyl (C=O) groups excluding carboxylic acids is 2. The monoisotopic (exact) mass is 474 g/mol. The molecule has 2 aliphatic heterocycles. The first-order valence-corrected chi connectivity index (χ1v) is 11.9. The maximum atomic E-state index is 14.7. The lowest BCUT2D eigenvalue weighted by Gasteiger charge is -2.38. The van der Waals surface area contributed by atoms with Crippen molar-refractivity contribution in [2.45, 2.75) is 76.6 Å².